The molecular formula is C20H19F3N2O5. The molecule has 0 radical (unpaired) electrons. The summed E-state index contributed by atoms with van der Waals surface area (Å²) in [5, 5.41) is 14.0. The molecule has 0 saturated carbocycles. The Labute approximate surface area is 169 Å². The topological polar surface area (TPSA) is 96.9 Å². The van der Waals surface area contributed by atoms with E-state index in [0.29, 0.717) is 5.75 Å². The molecule has 0 unspecified atom stereocenters. The van der Waals surface area contributed by atoms with Gasteiger partial charge in [-0.05, 0) is 36.8 Å². The Hall–Kier alpha value is -3.27. The van der Waals surface area contributed by atoms with Crippen LogP contribution in [-0.2, 0) is 9.53 Å². The van der Waals surface area contributed by atoms with Crippen molar-refractivity contribution < 1.29 is 37.3 Å². The molecule has 1 fully saturated rings. The molecule has 1 saturated heterocycles. The molecule has 7 nitrogen and oxygen atoms in total. The first-order chi connectivity index (χ1) is 14.2. The third kappa shape index (κ3) is 4.18. The Bertz CT molecular complexity index is 922. The highest BCUT2D eigenvalue weighted by Gasteiger charge is 2.67. The number of aliphatic hydroxyl groups is 1. The second-order valence-electron chi connectivity index (χ2n) is 6.56. The zero-order chi connectivity index (χ0) is 21.9. The van der Waals surface area contributed by atoms with Crippen LogP contribution in [-0.4, -0.2) is 35.6 Å². The lowest BCUT2D eigenvalue weighted by Crippen LogP contribution is -2.73. The molecule has 10 heteroatoms. The van der Waals surface area contributed by atoms with E-state index in [1.165, 1.54) is 30.4 Å². The van der Waals surface area contributed by atoms with Gasteiger partial charge in [-0.15, -0.1) is 0 Å². The van der Waals surface area contributed by atoms with Crippen molar-refractivity contribution in [3.05, 3.63) is 60.2 Å². The molecule has 2 aromatic rings. The highest BCUT2D eigenvalue weighted by atomic mass is 19.4. The molecule has 2 amide bonds. The predicted molar refractivity (Wildman–Crippen MR) is 98.5 cm³/mol. The molecule has 30 heavy (non-hydrogen) atoms. The number of halogens is 3. The monoisotopic (exact) mass is 424 g/mol. The number of hydrogen-bond donors (Lipinski definition) is 3. The third-order valence-corrected chi connectivity index (χ3v) is 4.54. The maximum absolute atomic E-state index is 13.7. The summed E-state index contributed by atoms with van der Waals surface area (Å²) in [6.45, 7) is 1.21. The van der Waals surface area contributed by atoms with Gasteiger partial charge in [0.15, 0.2) is 0 Å². The summed E-state index contributed by atoms with van der Waals surface area (Å²) in [6.07, 6.45) is -5.33. The highest BCUT2D eigenvalue weighted by molar-refractivity contribution is 5.83. The van der Waals surface area contributed by atoms with Gasteiger partial charge in [0.2, 0.25) is 0 Å². The van der Waals surface area contributed by atoms with E-state index in [9.17, 15) is 27.9 Å². The van der Waals surface area contributed by atoms with E-state index < -0.39 is 35.9 Å². The molecule has 1 aliphatic rings. The minimum absolute atomic E-state index is 0.124. The second kappa shape index (κ2) is 8.23. The van der Waals surface area contributed by atoms with Gasteiger partial charge in [-0.25, -0.2) is 4.79 Å². The highest BCUT2D eigenvalue weighted by Crippen LogP contribution is 2.43. The first kappa shape index (κ1) is 21.4. The van der Waals surface area contributed by atoms with Gasteiger partial charge in [-0.2, -0.15) is 13.2 Å². The van der Waals surface area contributed by atoms with Crippen LogP contribution in [0.2, 0.25) is 0 Å². The quantitative estimate of drug-likeness (QED) is 0.641. The van der Waals surface area contributed by atoms with Crippen molar-refractivity contribution in [2.45, 2.75) is 24.9 Å². The molecule has 3 atom stereocenters. The summed E-state index contributed by atoms with van der Waals surface area (Å²) in [4.78, 5) is 24.4. The van der Waals surface area contributed by atoms with Crippen LogP contribution in [0, 0.1) is 5.92 Å². The number of esters is 1. The molecule has 3 N–H and O–H groups in total. The zero-order valence-electron chi connectivity index (χ0n) is 15.8. The molecule has 0 spiro atoms. The third-order valence-electron chi connectivity index (χ3n) is 4.54. The minimum atomic E-state index is -5.33. The van der Waals surface area contributed by atoms with Crippen molar-refractivity contribution >= 4 is 12.0 Å². The smallest absolute Gasteiger partial charge is 0.437 e. The number of carbonyl (C=O) groups excluding carboxylic acids is 2. The fourth-order valence-corrected chi connectivity index (χ4v) is 3.21. The summed E-state index contributed by atoms with van der Waals surface area (Å²) in [6, 6.07) is 11.7. The molecule has 160 valence electrons. The van der Waals surface area contributed by atoms with Gasteiger partial charge in [-0.1, -0.05) is 30.3 Å². The zero-order valence-corrected chi connectivity index (χ0v) is 15.8. The van der Waals surface area contributed by atoms with E-state index in [0.717, 1.165) is 0 Å². The Balaban J connectivity index is 2.02. The molecule has 1 heterocycles. The fraction of sp³-hybridized carbons (Fsp3) is 0.300. The minimum Gasteiger partial charge on any atom is -0.466 e. The van der Waals surface area contributed by atoms with Crippen LogP contribution < -0.4 is 15.4 Å². The van der Waals surface area contributed by atoms with Crippen LogP contribution in [0.15, 0.2) is 54.6 Å². The van der Waals surface area contributed by atoms with Crippen molar-refractivity contribution in [1.82, 2.24) is 10.6 Å². The van der Waals surface area contributed by atoms with Gasteiger partial charge in [0.1, 0.15) is 17.4 Å². The maximum atomic E-state index is 13.7. The normalized spacial score (nSPS) is 23.8. The number of ether oxygens (including phenoxy) is 2. The standard InChI is InChI=1S/C20H19F3N2O5/c1-2-29-17(26)15-16(24-18(27)25-19(15,28)20(21,22)23)12-7-6-10-14(11-12)30-13-8-4-3-5-9-13/h3-11,15-16,28H,2H2,1H3,(H2,24,25,27)/t15-,16-,19-/m0/s1. The lowest BCUT2D eigenvalue weighted by Gasteiger charge is -2.44. The van der Waals surface area contributed by atoms with Crippen LogP contribution in [0.25, 0.3) is 0 Å². The van der Waals surface area contributed by atoms with Gasteiger partial charge in [0.25, 0.3) is 5.72 Å². The number of alkyl halides is 3. The molecule has 1 aliphatic heterocycles. The number of para-hydroxylation sites is 1. The Morgan fingerprint density at radius 1 is 1.13 bits per heavy atom. The largest absolute Gasteiger partial charge is 0.466 e. The van der Waals surface area contributed by atoms with E-state index >= 15 is 0 Å². The fourth-order valence-electron chi connectivity index (χ4n) is 3.21. The summed E-state index contributed by atoms with van der Waals surface area (Å²) in [5.74, 6) is -2.76. The van der Waals surface area contributed by atoms with Gasteiger partial charge < -0.3 is 25.2 Å². The summed E-state index contributed by atoms with van der Waals surface area (Å²) >= 11 is 0. The van der Waals surface area contributed by atoms with Crippen molar-refractivity contribution in [2.24, 2.45) is 5.92 Å². The van der Waals surface area contributed by atoms with Gasteiger partial charge in [0.05, 0.1) is 12.6 Å². The maximum Gasteiger partial charge on any atom is 0.437 e. The number of nitrogens with one attached hydrogen (secondary N) is 2. The van der Waals surface area contributed by atoms with E-state index in [1.54, 1.807) is 36.4 Å². The van der Waals surface area contributed by atoms with E-state index in [-0.39, 0.29) is 17.9 Å². The SMILES string of the molecule is CCOC(=O)[C@@H]1[C@H](c2cccc(Oc3ccccc3)c2)NC(=O)N[C@@]1(O)C(F)(F)F. The van der Waals surface area contributed by atoms with Crippen LogP contribution in [0.4, 0.5) is 18.0 Å². The Kier molecular flexibility index (Phi) is 5.88. The van der Waals surface area contributed by atoms with E-state index in [1.807, 2.05) is 0 Å². The molecular weight excluding hydrogens is 405 g/mol. The van der Waals surface area contributed by atoms with Crippen LogP contribution in [0.3, 0.4) is 0 Å². The average Bonchev–Trinajstić information content (AvgIpc) is 2.67. The van der Waals surface area contributed by atoms with Gasteiger partial charge in [0, 0.05) is 0 Å². The van der Waals surface area contributed by atoms with Crippen LogP contribution in [0.5, 0.6) is 11.5 Å². The first-order valence-electron chi connectivity index (χ1n) is 9.03. The number of urea groups is 1. The van der Waals surface area contributed by atoms with Crippen molar-refractivity contribution in [2.75, 3.05) is 6.61 Å². The summed E-state index contributed by atoms with van der Waals surface area (Å²) < 4.78 is 51.5. The Morgan fingerprint density at radius 2 is 1.80 bits per heavy atom. The lowest BCUT2D eigenvalue weighted by molar-refractivity contribution is -0.294. The molecule has 0 aromatic heterocycles. The van der Waals surface area contributed by atoms with E-state index in [4.69, 9.17) is 9.47 Å². The van der Waals surface area contributed by atoms with Crippen molar-refractivity contribution in [3.8, 4) is 11.5 Å². The summed E-state index contributed by atoms with van der Waals surface area (Å²) in [7, 11) is 0. The number of carbonyl (C=O) groups is 2. The second-order valence-corrected chi connectivity index (χ2v) is 6.56. The van der Waals surface area contributed by atoms with Gasteiger partial charge in [-0.3, -0.25) is 4.79 Å². The number of hydrogen-bond acceptors (Lipinski definition) is 5. The van der Waals surface area contributed by atoms with E-state index in [2.05, 4.69) is 5.32 Å². The first-order valence-corrected chi connectivity index (χ1v) is 9.03. The predicted octanol–water partition coefficient (Wildman–Crippen LogP) is 3.26. The number of rotatable bonds is 5. The number of amides is 2. The average molecular weight is 424 g/mol. The Morgan fingerprint density at radius 3 is 2.43 bits per heavy atom. The lowest BCUT2D eigenvalue weighted by atomic mass is 9.82. The van der Waals surface area contributed by atoms with Crippen molar-refractivity contribution in [3.63, 3.8) is 0 Å². The molecule has 0 aliphatic carbocycles. The van der Waals surface area contributed by atoms with Crippen molar-refractivity contribution in [1.29, 1.82) is 0 Å². The molecule has 0 bridgehead atoms. The number of benzene rings is 2. The molecule has 3 rings (SSSR count). The summed E-state index contributed by atoms with van der Waals surface area (Å²) in [5.41, 5.74) is -3.69. The van der Waals surface area contributed by atoms with Crippen LogP contribution in [0.1, 0.15) is 18.5 Å². The van der Waals surface area contributed by atoms with Gasteiger partial charge >= 0.3 is 18.2 Å². The molecule has 2 aromatic carbocycles. The van der Waals surface area contributed by atoms with Crippen LogP contribution >= 0.6 is 0 Å².